The summed E-state index contributed by atoms with van der Waals surface area (Å²) in [4.78, 5) is 18.9. The van der Waals surface area contributed by atoms with Gasteiger partial charge in [-0.25, -0.2) is 4.98 Å². The Morgan fingerprint density at radius 2 is 2.20 bits per heavy atom. The van der Waals surface area contributed by atoms with E-state index in [9.17, 15) is 4.79 Å². The molecule has 1 rings (SSSR count). The zero-order valence-electron chi connectivity index (χ0n) is 8.74. The second kappa shape index (κ2) is 5.66. The van der Waals surface area contributed by atoms with E-state index in [2.05, 4.69) is 9.97 Å². The van der Waals surface area contributed by atoms with Gasteiger partial charge < -0.3 is 4.74 Å². The van der Waals surface area contributed by atoms with Crippen LogP contribution in [-0.4, -0.2) is 22.5 Å². The largest absolute Gasteiger partial charge is 0.465 e. The van der Waals surface area contributed by atoms with E-state index in [0.29, 0.717) is 17.3 Å². The first-order valence-corrected chi connectivity index (χ1v) is 5.15. The summed E-state index contributed by atoms with van der Waals surface area (Å²) in [7, 11) is 0. The minimum atomic E-state index is -0.220. The van der Waals surface area contributed by atoms with E-state index in [0.717, 1.165) is 0 Å². The number of halogens is 1. The molecule has 1 atom stereocenters. The van der Waals surface area contributed by atoms with Gasteiger partial charge in [-0.1, -0.05) is 25.4 Å². The van der Waals surface area contributed by atoms with Gasteiger partial charge in [0.1, 0.15) is 0 Å². The van der Waals surface area contributed by atoms with Gasteiger partial charge in [-0.05, 0) is 0 Å². The molecule has 1 aromatic rings. The standard InChI is InChI=1S/C10H13ClN2O2/c1-3-8(14)15-6-7(2)9-10(11)13-5-4-12-9/h4-5,7H,3,6H2,1-2H3. The lowest BCUT2D eigenvalue weighted by molar-refractivity contribution is -0.143. The molecule has 0 saturated carbocycles. The zero-order chi connectivity index (χ0) is 11.3. The summed E-state index contributed by atoms with van der Waals surface area (Å²) in [6, 6.07) is 0. The van der Waals surface area contributed by atoms with Gasteiger partial charge >= 0.3 is 5.97 Å². The Bertz CT molecular complexity index is 344. The molecule has 0 fully saturated rings. The molecule has 0 amide bonds. The average molecular weight is 229 g/mol. The van der Waals surface area contributed by atoms with Gasteiger partial charge in [0.05, 0.1) is 12.3 Å². The summed E-state index contributed by atoms with van der Waals surface area (Å²) in [5.74, 6) is -0.261. The highest BCUT2D eigenvalue weighted by Crippen LogP contribution is 2.19. The van der Waals surface area contributed by atoms with Crippen LogP contribution in [0.15, 0.2) is 12.4 Å². The quantitative estimate of drug-likeness (QED) is 0.742. The fraction of sp³-hybridized carbons (Fsp3) is 0.500. The number of hydrogen-bond donors (Lipinski definition) is 0. The van der Waals surface area contributed by atoms with Crippen LogP contribution in [-0.2, 0) is 9.53 Å². The van der Waals surface area contributed by atoms with Gasteiger partial charge in [0.2, 0.25) is 0 Å². The Hall–Kier alpha value is -1.16. The summed E-state index contributed by atoms with van der Waals surface area (Å²) < 4.78 is 5.00. The van der Waals surface area contributed by atoms with E-state index in [-0.39, 0.29) is 18.5 Å². The number of nitrogens with zero attached hydrogens (tertiary/aromatic N) is 2. The number of rotatable bonds is 4. The van der Waals surface area contributed by atoms with Crippen molar-refractivity contribution in [1.29, 1.82) is 0 Å². The molecule has 4 nitrogen and oxygen atoms in total. The molecule has 0 aliphatic heterocycles. The Kier molecular flexibility index (Phi) is 4.49. The summed E-state index contributed by atoms with van der Waals surface area (Å²) in [5, 5.41) is 0.359. The number of carbonyl (C=O) groups is 1. The van der Waals surface area contributed by atoms with E-state index < -0.39 is 0 Å². The summed E-state index contributed by atoms with van der Waals surface area (Å²) in [5.41, 5.74) is 0.656. The average Bonchev–Trinajstić information content (AvgIpc) is 2.26. The van der Waals surface area contributed by atoms with Crippen LogP contribution < -0.4 is 0 Å². The highest BCUT2D eigenvalue weighted by Gasteiger charge is 2.13. The van der Waals surface area contributed by atoms with Crippen molar-refractivity contribution in [3.63, 3.8) is 0 Å². The first-order valence-electron chi connectivity index (χ1n) is 4.77. The van der Waals surface area contributed by atoms with Crippen molar-refractivity contribution in [1.82, 2.24) is 9.97 Å². The second-order valence-electron chi connectivity index (χ2n) is 3.17. The number of esters is 1. The van der Waals surface area contributed by atoms with Crippen LogP contribution in [0.2, 0.25) is 5.15 Å². The predicted octanol–water partition coefficient (Wildman–Crippen LogP) is 2.19. The molecule has 82 valence electrons. The van der Waals surface area contributed by atoms with Crippen molar-refractivity contribution in [2.45, 2.75) is 26.2 Å². The molecule has 15 heavy (non-hydrogen) atoms. The van der Waals surface area contributed by atoms with Crippen LogP contribution in [0.1, 0.15) is 31.9 Å². The monoisotopic (exact) mass is 228 g/mol. The lowest BCUT2D eigenvalue weighted by atomic mass is 10.1. The lowest BCUT2D eigenvalue weighted by Gasteiger charge is -2.11. The van der Waals surface area contributed by atoms with Crippen molar-refractivity contribution >= 4 is 17.6 Å². The molecule has 0 aliphatic rings. The fourth-order valence-corrected chi connectivity index (χ4v) is 1.35. The van der Waals surface area contributed by atoms with Crippen LogP contribution in [0.4, 0.5) is 0 Å². The minimum Gasteiger partial charge on any atom is -0.465 e. The number of hydrogen-bond acceptors (Lipinski definition) is 4. The molecule has 5 heteroatoms. The van der Waals surface area contributed by atoms with Gasteiger partial charge in [0.15, 0.2) is 5.15 Å². The molecule has 0 saturated heterocycles. The van der Waals surface area contributed by atoms with Crippen molar-refractivity contribution < 1.29 is 9.53 Å². The molecule has 0 aromatic carbocycles. The second-order valence-corrected chi connectivity index (χ2v) is 3.53. The van der Waals surface area contributed by atoms with E-state index in [1.807, 2.05) is 6.92 Å². The van der Waals surface area contributed by atoms with Crippen LogP contribution in [0.5, 0.6) is 0 Å². The Morgan fingerprint density at radius 1 is 1.53 bits per heavy atom. The van der Waals surface area contributed by atoms with E-state index >= 15 is 0 Å². The van der Waals surface area contributed by atoms with Crippen LogP contribution in [0.25, 0.3) is 0 Å². The first kappa shape index (κ1) is 11.9. The predicted molar refractivity (Wildman–Crippen MR) is 56.7 cm³/mol. The van der Waals surface area contributed by atoms with Crippen molar-refractivity contribution in [2.24, 2.45) is 0 Å². The maximum absolute atomic E-state index is 10.9. The highest BCUT2D eigenvalue weighted by molar-refractivity contribution is 6.30. The van der Waals surface area contributed by atoms with E-state index in [1.54, 1.807) is 13.1 Å². The van der Waals surface area contributed by atoms with Crippen molar-refractivity contribution in [3.8, 4) is 0 Å². The molecule has 0 N–H and O–H groups in total. The fourth-order valence-electron chi connectivity index (χ4n) is 1.06. The van der Waals surface area contributed by atoms with Crippen LogP contribution in [0, 0.1) is 0 Å². The van der Waals surface area contributed by atoms with Crippen molar-refractivity contribution in [3.05, 3.63) is 23.2 Å². The Morgan fingerprint density at radius 3 is 2.80 bits per heavy atom. The molecule has 1 unspecified atom stereocenters. The number of ether oxygens (including phenoxy) is 1. The van der Waals surface area contributed by atoms with E-state index in [1.165, 1.54) is 6.20 Å². The summed E-state index contributed by atoms with van der Waals surface area (Å²) in [6.07, 6.45) is 3.47. The maximum Gasteiger partial charge on any atom is 0.305 e. The Balaban J connectivity index is 2.57. The molecule has 1 heterocycles. The third-order valence-corrected chi connectivity index (χ3v) is 2.22. The molecule has 0 aliphatic carbocycles. The molecular formula is C10H13ClN2O2. The van der Waals surface area contributed by atoms with Crippen LogP contribution in [0.3, 0.4) is 0 Å². The number of carbonyl (C=O) groups excluding carboxylic acids is 1. The Labute approximate surface area is 93.6 Å². The third kappa shape index (κ3) is 3.47. The number of aromatic nitrogens is 2. The third-order valence-electron chi connectivity index (χ3n) is 1.93. The van der Waals surface area contributed by atoms with Gasteiger partial charge in [-0.3, -0.25) is 9.78 Å². The minimum absolute atomic E-state index is 0.0401. The van der Waals surface area contributed by atoms with Gasteiger partial charge in [-0.15, -0.1) is 0 Å². The first-order chi connectivity index (χ1) is 7.15. The van der Waals surface area contributed by atoms with Crippen molar-refractivity contribution in [2.75, 3.05) is 6.61 Å². The smallest absolute Gasteiger partial charge is 0.305 e. The zero-order valence-corrected chi connectivity index (χ0v) is 9.49. The highest BCUT2D eigenvalue weighted by atomic mass is 35.5. The summed E-state index contributed by atoms with van der Waals surface area (Å²) in [6.45, 7) is 3.92. The molecule has 0 radical (unpaired) electrons. The van der Waals surface area contributed by atoms with E-state index in [4.69, 9.17) is 16.3 Å². The SMILES string of the molecule is CCC(=O)OCC(C)c1nccnc1Cl. The normalized spacial score (nSPS) is 12.2. The van der Waals surface area contributed by atoms with Gasteiger partial charge in [0, 0.05) is 24.7 Å². The lowest BCUT2D eigenvalue weighted by Crippen LogP contribution is -2.11. The molecule has 0 spiro atoms. The molecular weight excluding hydrogens is 216 g/mol. The van der Waals surface area contributed by atoms with Crippen LogP contribution >= 0.6 is 11.6 Å². The van der Waals surface area contributed by atoms with Gasteiger partial charge in [-0.2, -0.15) is 0 Å². The van der Waals surface area contributed by atoms with Gasteiger partial charge in [0.25, 0.3) is 0 Å². The summed E-state index contributed by atoms with van der Waals surface area (Å²) >= 11 is 5.85. The maximum atomic E-state index is 10.9. The molecule has 0 bridgehead atoms. The topological polar surface area (TPSA) is 52.1 Å². The molecule has 1 aromatic heterocycles.